The number of carbonyl (C=O) groups excluding carboxylic acids is 1. The fourth-order valence-electron chi connectivity index (χ4n) is 3.72. The quantitative estimate of drug-likeness (QED) is 0.784. The van der Waals surface area contributed by atoms with Crippen LogP contribution in [0.3, 0.4) is 0 Å². The first-order valence-corrected chi connectivity index (χ1v) is 9.29. The normalized spacial score (nSPS) is 20.3. The first-order valence-electron chi connectivity index (χ1n) is 9.29. The van der Waals surface area contributed by atoms with Crippen molar-refractivity contribution in [2.45, 2.75) is 18.9 Å². The molecule has 27 heavy (non-hydrogen) atoms. The number of aromatic nitrogens is 1. The molecule has 3 heterocycles. The van der Waals surface area contributed by atoms with Gasteiger partial charge in [0.25, 0.3) is 5.91 Å². The number of rotatable bonds is 6. The van der Waals surface area contributed by atoms with Gasteiger partial charge in [0.2, 0.25) is 0 Å². The second kappa shape index (κ2) is 7.56. The summed E-state index contributed by atoms with van der Waals surface area (Å²) < 4.78 is 17.5. The van der Waals surface area contributed by atoms with Crippen LogP contribution in [0, 0.1) is 12.8 Å². The summed E-state index contributed by atoms with van der Waals surface area (Å²) in [7, 11) is 0. The van der Waals surface area contributed by atoms with Crippen molar-refractivity contribution in [2.75, 3.05) is 32.9 Å². The summed E-state index contributed by atoms with van der Waals surface area (Å²) in [5.74, 6) is 1.78. The lowest BCUT2D eigenvalue weighted by Crippen LogP contribution is -2.67. The number of likely N-dealkylation sites (tertiary alicyclic amines) is 1. The minimum Gasteiger partial charge on any atom is -0.492 e. The van der Waals surface area contributed by atoms with E-state index in [0.29, 0.717) is 26.3 Å². The van der Waals surface area contributed by atoms with Crippen molar-refractivity contribution in [1.29, 1.82) is 0 Å². The first-order chi connectivity index (χ1) is 13.2. The molecule has 0 saturated carbocycles. The average molecular weight is 368 g/mol. The van der Waals surface area contributed by atoms with Crippen LogP contribution in [0.2, 0.25) is 0 Å². The van der Waals surface area contributed by atoms with Crippen LogP contribution < -0.4 is 9.47 Å². The Hall–Kier alpha value is -2.60. The lowest BCUT2D eigenvalue weighted by atomic mass is 9.81. The summed E-state index contributed by atoms with van der Waals surface area (Å²) in [6, 6.07) is 11.5. The molecule has 0 N–H and O–H groups in total. The Kier molecular flexibility index (Phi) is 4.99. The van der Waals surface area contributed by atoms with E-state index in [-0.39, 0.29) is 24.0 Å². The molecule has 2 aromatic rings. The molecule has 2 aliphatic rings. The molecule has 142 valence electrons. The molecule has 6 heteroatoms. The first kappa shape index (κ1) is 17.8. The lowest BCUT2D eigenvalue weighted by molar-refractivity contribution is -0.168. The van der Waals surface area contributed by atoms with E-state index >= 15 is 0 Å². The Morgan fingerprint density at radius 2 is 2.11 bits per heavy atom. The number of hydrogen-bond donors (Lipinski definition) is 0. The van der Waals surface area contributed by atoms with Crippen molar-refractivity contribution in [3.63, 3.8) is 0 Å². The maximum atomic E-state index is 12.4. The zero-order valence-electron chi connectivity index (χ0n) is 15.5. The van der Waals surface area contributed by atoms with Gasteiger partial charge in [-0.25, -0.2) is 0 Å². The number of hydrogen-bond acceptors (Lipinski definition) is 5. The van der Waals surface area contributed by atoms with Gasteiger partial charge in [0, 0.05) is 18.7 Å². The number of para-hydroxylation sites is 1. The molecule has 2 saturated heterocycles. The summed E-state index contributed by atoms with van der Waals surface area (Å²) in [5, 5.41) is 0. The van der Waals surface area contributed by atoms with Crippen LogP contribution in [-0.2, 0) is 9.53 Å². The van der Waals surface area contributed by atoms with Gasteiger partial charge in [-0.3, -0.25) is 9.78 Å². The van der Waals surface area contributed by atoms with Crippen LogP contribution in [0.5, 0.6) is 11.5 Å². The van der Waals surface area contributed by atoms with Gasteiger partial charge in [-0.05, 0) is 37.1 Å². The summed E-state index contributed by atoms with van der Waals surface area (Å²) in [4.78, 5) is 18.3. The van der Waals surface area contributed by atoms with Crippen LogP contribution in [-0.4, -0.2) is 54.3 Å². The van der Waals surface area contributed by atoms with Crippen LogP contribution in [0.25, 0.3) is 0 Å². The molecule has 0 bridgehead atoms. The number of carbonyl (C=O) groups is 1. The molecular weight excluding hydrogens is 344 g/mol. The van der Waals surface area contributed by atoms with E-state index < -0.39 is 0 Å². The van der Waals surface area contributed by atoms with Crippen molar-refractivity contribution in [3.8, 4) is 11.5 Å². The number of pyridine rings is 1. The van der Waals surface area contributed by atoms with E-state index in [1.54, 1.807) is 17.3 Å². The predicted octanol–water partition coefficient (Wildman–Crippen LogP) is 2.47. The lowest BCUT2D eigenvalue weighted by Gasteiger charge is -2.49. The van der Waals surface area contributed by atoms with Gasteiger partial charge in [-0.1, -0.05) is 18.2 Å². The topological polar surface area (TPSA) is 60.9 Å². The number of amides is 1. The highest BCUT2D eigenvalue weighted by atomic mass is 16.5. The molecule has 2 aliphatic heterocycles. The zero-order valence-corrected chi connectivity index (χ0v) is 15.5. The van der Waals surface area contributed by atoms with E-state index in [1.165, 1.54) is 0 Å². The monoisotopic (exact) mass is 368 g/mol. The minimum atomic E-state index is -0.277. The van der Waals surface area contributed by atoms with E-state index in [0.717, 1.165) is 23.5 Å². The summed E-state index contributed by atoms with van der Waals surface area (Å²) in [5.41, 5.74) is 0.748. The fraction of sp³-hybridized carbons (Fsp3) is 0.429. The van der Waals surface area contributed by atoms with Gasteiger partial charge < -0.3 is 19.1 Å². The number of ether oxygens (including phenoxy) is 3. The minimum absolute atomic E-state index is 0.00805. The van der Waals surface area contributed by atoms with Gasteiger partial charge in [-0.15, -0.1) is 0 Å². The Bertz CT molecular complexity index is 790. The van der Waals surface area contributed by atoms with Crippen molar-refractivity contribution >= 4 is 5.91 Å². The van der Waals surface area contributed by atoms with Gasteiger partial charge in [0.15, 0.2) is 6.61 Å². The molecule has 4 rings (SSSR count). The van der Waals surface area contributed by atoms with Gasteiger partial charge in [-0.2, -0.15) is 0 Å². The van der Waals surface area contributed by atoms with Crippen molar-refractivity contribution in [1.82, 2.24) is 9.88 Å². The van der Waals surface area contributed by atoms with Crippen molar-refractivity contribution in [3.05, 3.63) is 54.4 Å². The maximum absolute atomic E-state index is 12.4. The molecule has 2 fully saturated rings. The smallest absolute Gasteiger partial charge is 0.260 e. The third-order valence-corrected chi connectivity index (χ3v) is 5.40. The molecule has 0 unspecified atom stereocenters. The SMILES string of the molecule is Cc1ccccc1OCC(=O)N1CC2(C1)OCC[C@H]2COc1cccnc1. The Balaban J connectivity index is 1.28. The molecule has 1 spiro atoms. The van der Waals surface area contributed by atoms with E-state index in [2.05, 4.69) is 4.98 Å². The molecule has 0 radical (unpaired) electrons. The van der Waals surface area contributed by atoms with Gasteiger partial charge >= 0.3 is 0 Å². The van der Waals surface area contributed by atoms with E-state index in [1.807, 2.05) is 43.3 Å². The zero-order chi connectivity index (χ0) is 18.7. The molecule has 1 aromatic carbocycles. The third-order valence-electron chi connectivity index (χ3n) is 5.40. The van der Waals surface area contributed by atoms with Crippen LogP contribution in [0.4, 0.5) is 0 Å². The van der Waals surface area contributed by atoms with Crippen LogP contribution in [0.1, 0.15) is 12.0 Å². The van der Waals surface area contributed by atoms with E-state index in [4.69, 9.17) is 14.2 Å². The standard InChI is InChI=1S/C21H24N2O4/c1-16-5-2-3-7-19(16)26-13-20(24)23-14-21(15-23)17(8-10-27-21)12-25-18-6-4-9-22-11-18/h2-7,9,11,17H,8,10,12-15H2,1H3/t17-/m0/s1. The Labute approximate surface area is 159 Å². The van der Waals surface area contributed by atoms with E-state index in [9.17, 15) is 4.79 Å². The number of nitrogens with zero attached hydrogens (tertiary/aromatic N) is 2. The number of aryl methyl sites for hydroxylation is 1. The van der Waals surface area contributed by atoms with Gasteiger partial charge in [0.1, 0.15) is 17.1 Å². The fourth-order valence-corrected chi connectivity index (χ4v) is 3.72. The summed E-state index contributed by atoms with van der Waals surface area (Å²) in [6.07, 6.45) is 4.38. The number of benzene rings is 1. The highest BCUT2D eigenvalue weighted by Crippen LogP contribution is 2.40. The summed E-state index contributed by atoms with van der Waals surface area (Å²) >= 11 is 0. The Morgan fingerprint density at radius 1 is 1.26 bits per heavy atom. The average Bonchev–Trinajstić information content (AvgIpc) is 3.09. The van der Waals surface area contributed by atoms with Crippen LogP contribution in [0.15, 0.2) is 48.8 Å². The van der Waals surface area contributed by atoms with Gasteiger partial charge in [0.05, 0.1) is 25.9 Å². The highest BCUT2D eigenvalue weighted by Gasteiger charge is 2.54. The van der Waals surface area contributed by atoms with Crippen molar-refractivity contribution in [2.24, 2.45) is 5.92 Å². The molecule has 6 nitrogen and oxygen atoms in total. The second-order valence-corrected chi connectivity index (χ2v) is 7.20. The predicted molar refractivity (Wildman–Crippen MR) is 99.8 cm³/mol. The largest absolute Gasteiger partial charge is 0.492 e. The van der Waals surface area contributed by atoms with Crippen LogP contribution >= 0.6 is 0 Å². The maximum Gasteiger partial charge on any atom is 0.260 e. The molecule has 1 amide bonds. The Morgan fingerprint density at radius 3 is 2.89 bits per heavy atom. The second-order valence-electron chi connectivity index (χ2n) is 7.20. The van der Waals surface area contributed by atoms with Crippen molar-refractivity contribution < 1.29 is 19.0 Å². The summed E-state index contributed by atoms with van der Waals surface area (Å²) in [6.45, 7) is 4.51. The molecule has 1 aromatic heterocycles. The molecule has 0 aliphatic carbocycles. The highest BCUT2D eigenvalue weighted by molar-refractivity contribution is 5.79. The third kappa shape index (κ3) is 3.76. The molecule has 1 atom stereocenters. The molecular formula is C21H24N2O4.